The van der Waals surface area contributed by atoms with Gasteiger partial charge < -0.3 is 14.5 Å². The summed E-state index contributed by atoms with van der Waals surface area (Å²) in [5, 5.41) is 2.67. The largest absolute Gasteiger partial charge is 0.467 e. The maximum absolute atomic E-state index is 11.2. The van der Waals surface area contributed by atoms with Gasteiger partial charge in [-0.25, -0.2) is 10.3 Å². The number of hydrogen-bond acceptors (Lipinski definition) is 4. The van der Waals surface area contributed by atoms with Crippen LogP contribution in [0.3, 0.4) is 0 Å². The predicted octanol–water partition coefficient (Wildman–Crippen LogP) is 2.07. The van der Waals surface area contributed by atoms with Gasteiger partial charge in [-0.3, -0.25) is 4.84 Å². The number of amides is 2. The lowest BCUT2D eigenvalue weighted by molar-refractivity contribution is 0.0437. The number of nitrogens with one attached hydrogen (secondary N) is 2. The van der Waals surface area contributed by atoms with Gasteiger partial charge in [0.15, 0.2) is 0 Å². The monoisotopic (exact) mass is 270 g/mol. The topological polar surface area (TPSA) is 72.7 Å². The lowest BCUT2D eigenvalue weighted by atomic mass is 10.2. The van der Waals surface area contributed by atoms with Crippen molar-refractivity contribution in [1.82, 2.24) is 10.8 Å². The first-order valence-electron chi connectivity index (χ1n) is 6.44. The van der Waals surface area contributed by atoms with E-state index in [0.717, 1.165) is 12.2 Å². The summed E-state index contributed by atoms with van der Waals surface area (Å²) in [6, 6.07) is 3.35. The van der Waals surface area contributed by atoms with E-state index in [1.807, 2.05) is 26.0 Å². The molecule has 1 aromatic heterocycles. The zero-order chi connectivity index (χ0) is 13.9. The standard InChI is InChI=1S/C13H22N2O4/c1-11(2)9-19-15-13(16)14-6-4-7-17-10-12-5-3-8-18-12/h3,5,8,11H,4,6-7,9-10H2,1-2H3,(H2,14,15,16). The number of furan rings is 1. The quantitative estimate of drug-likeness (QED) is 0.532. The van der Waals surface area contributed by atoms with Gasteiger partial charge in [-0.05, 0) is 24.5 Å². The van der Waals surface area contributed by atoms with Gasteiger partial charge in [0.25, 0.3) is 0 Å². The van der Waals surface area contributed by atoms with Gasteiger partial charge in [0.05, 0.1) is 12.9 Å². The molecule has 2 N–H and O–H groups in total. The van der Waals surface area contributed by atoms with Crippen molar-refractivity contribution in [2.24, 2.45) is 5.92 Å². The molecule has 6 heteroatoms. The summed E-state index contributed by atoms with van der Waals surface area (Å²) in [7, 11) is 0. The first kappa shape index (κ1) is 15.5. The van der Waals surface area contributed by atoms with Crippen LogP contribution in [-0.4, -0.2) is 25.8 Å². The van der Waals surface area contributed by atoms with Crippen LogP contribution in [0.1, 0.15) is 26.0 Å². The number of urea groups is 1. The fraction of sp³-hybridized carbons (Fsp3) is 0.615. The molecule has 6 nitrogen and oxygen atoms in total. The second-order valence-corrected chi connectivity index (χ2v) is 4.55. The van der Waals surface area contributed by atoms with Crippen LogP contribution in [0.4, 0.5) is 4.79 Å². The second-order valence-electron chi connectivity index (χ2n) is 4.55. The van der Waals surface area contributed by atoms with E-state index >= 15 is 0 Å². The Morgan fingerprint density at radius 3 is 3.00 bits per heavy atom. The molecule has 0 aliphatic heterocycles. The summed E-state index contributed by atoms with van der Waals surface area (Å²) in [6.07, 6.45) is 2.35. The Labute approximate surface area is 113 Å². The summed E-state index contributed by atoms with van der Waals surface area (Å²) in [6.45, 7) is 6.07. The first-order chi connectivity index (χ1) is 9.18. The highest BCUT2D eigenvalue weighted by Crippen LogP contribution is 2.01. The zero-order valence-corrected chi connectivity index (χ0v) is 11.5. The molecule has 0 radical (unpaired) electrons. The third-order valence-corrected chi connectivity index (χ3v) is 2.16. The molecule has 0 bridgehead atoms. The van der Waals surface area contributed by atoms with Crippen molar-refractivity contribution in [3.63, 3.8) is 0 Å². The van der Waals surface area contributed by atoms with Gasteiger partial charge in [-0.2, -0.15) is 0 Å². The number of hydrogen-bond donors (Lipinski definition) is 2. The molecular weight excluding hydrogens is 248 g/mol. The lowest BCUT2D eigenvalue weighted by Gasteiger charge is -2.09. The average molecular weight is 270 g/mol. The summed E-state index contributed by atoms with van der Waals surface area (Å²) < 4.78 is 10.5. The van der Waals surface area contributed by atoms with Crippen molar-refractivity contribution in [1.29, 1.82) is 0 Å². The molecule has 0 atom stereocenters. The van der Waals surface area contributed by atoms with Crippen molar-refractivity contribution >= 4 is 6.03 Å². The van der Waals surface area contributed by atoms with E-state index in [9.17, 15) is 4.79 Å². The van der Waals surface area contributed by atoms with Gasteiger partial charge in [-0.15, -0.1) is 0 Å². The predicted molar refractivity (Wildman–Crippen MR) is 70.3 cm³/mol. The van der Waals surface area contributed by atoms with Gasteiger partial charge in [-0.1, -0.05) is 13.8 Å². The fourth-order valence-electron chi connectivity index (χ4n) is 1.25. The van der Waals surface area contributed by atoms with Crippen LogP contribution in [0.15, 0.2) is 22.8 Å². The smallest absolute Gasteiger partial charge is 0.338 e. The Morgan fingerprint density at radius 2 is 2.32 bits per heavy atom. The van der Waals surface area contributed by atoms with Crippen molar-refractivity contribution in [3.05, 3.63) is 24.2 Å². The van der Waals surface area contributed by atoms with Crippen LogP contribution in [0, 0.1) is 5.92 Å². The Kier molecular flexibility index (Phi) is 7.69. The number of hydroxylamine groups is 1. The van der Waals surface area contributed by atoms with E-state index in [2.05, 4.69) is 10.8 Å². The molecule has 0 spiro atoms. The van der Waals surface area contributed by atoms with Crippen LogP contribution in [0.25, 0.3) is 0 Å². The zero-order valence-electron chi connectivity index (χ0n) is 11.5. The Balaban J connectivity index is 1.88. The summed E-state index contributed by atoms with van der Waals surface area (Å²) in [5.74, 6) is 1.18. The highest BCUT2D eigenvalue weighted by atomic mass is 16.7. The number of carbonyl (C=O) groups excluding carboxylic acids is 1. The number of carbonyl (C=O) groups is 1. The van der Waals surface area contributed by atoms with Gasteiger partial charge in [0.1, 0.15) is 12.4 Å². The molecule has 1 heterocycles. The molecule has 0 aliphatic rings. The molecule has 0 aromatic carbocycles. The van der Waals surface area contributed by atoms with Crippen LogP contribution < -0.4 is 10.8 Å². The van der Waals surface area contributed by atoms with E-state index in [-0.39, 0.29) is 6.03 Å². The third-order valence-electron chi connectivity index (χ3n) is 2.16. The second kappa shape index (κ2) is 9.41. The SMILES string of the molecule is CC(C)CONC(=O)NCCCOCc1ccco1. The van der Waals surface area contributed by atoms with Crippen LogP contribution in [0.2, 0.25) is 0 Å². The van der Waals surface area contributed by atoms with Gasteiger partial charge >= 0.3 is 6.03 Å². The molecule has 1 aromatic rings. The minimum Gasteiger partial charge on any atom is -0.467 e. The minimum atomic E-state index is -0.327. The molecular formula is C13H22N2O4. The van der Waals surface area contributed by atoms with Crippen LogP contribution in [-0.2, 0) is 16.2 Å². The molecule has 19 heavy (non-hydrogen) atoms. The van der Waals surface area contributed by atoms with Crippen molar-refractivity contribution < 1.29 is 18.8 Å². The van der Waals surface area contributed by atoms with E-state index < -0.39 is 0 Å². The molecule has 1 rings (SSSR count). The van der Waals surface area contributed by atoms with E-state index in [4.69, 9.17) is 14.0 Å². The van der Waals surface area contributed by atoms with E-state index in [1.54, 1.807) is 6.26 Å². The van der Waals surface area contributed by atoms with Crippen LogP contribution >= 0.6 is 0 Å². The van der Waals surface area contributed by atoms with Crippen molar-refractivity contribution in [2.45, 2.75) is 26.9 Å². The normalized spacial score (nSPS) is 10.7. The number of rotatable bonds is 9. The fourth-order valence-corrected chi connectivity index (χ4v) is 1.25. The Hall–Kier alpha value is -1.53. The van der Waals surface area contributed by atoms with E-state index in [0.29, 0.717) is 32.3 Å². The van der Waals surface area contributed by atoms with Crippen molar-refractivity contribution in [2.75, 3.05) is 19.8 Å². The highest BCUT2D eigenvalue weighted by Gasteiger charge is 2.00. The minimum absolute atomic E-state index is 0.327. The molecule has 0 unspecified atom stereocenters. The Bertz CT molecular complexity index is 338. The number of ether oxygens (including phenoxy) is 1. The maximum Gasteiger partial charge on any atom is 0.338 e. The average Bonchev–Trinajstić information content (AvgIpc) is 2.86. The molecule has 0 saturated heterocycles. The third kappa shape index (κ3) is 8.23. The van der Waals surface area contributed by atoms with Gasteiger partial charge in [0, 0.05) is 13.2 Å². The summed E-state index contributed by atoms with van der Waals surface area (Å²) >= 11 is 0. The highest BCUT2D eigenvalue weighted by molar-refractivity contribution is 5.72. The van der Waals surface area contributed by atoms with Gasteiger partial charge in [0.2, 0.25) is 0 Å². The first-order valence-corrected chi connectivity index (χ1v) is 6.44. The maximum atomic E-state index is 11.2. The van der Waals surface area contributed by atoms with Crippen LogP contribution in [0.5, 0.6) is 0 Å². The molecule has 0 saturated carbocycles. The summed E-state index contributed by atoms with van der Waals surface area (Å²) in [4.78, 5) is 16.2. The lowest BCUT2D eigenvalue weighted by Crippen LogP contribution is -2.37. The molecule has 2 amide bonds. The molecule has 0 aliphatic carbocycles. The Morgan fingerprint density at radius 1 is 1.47 bits per heavy atom. The van der Waals surface area contributed by atoms with Crippen molar-refractivity contribution in [3.8, 4) is 0 Å². The molecule has 0 fully saturated rings. The van der Waals surface area contributed by atoms with E-state index in [1.165, 1.54) is 0 Å². The molecule has 108 valence electrons. The summed E-state index contributed by atoms with van der Waals surface area (Å²) in [5.41, 5.74) is 2.32.